The fraction of sp³-hybridized carbons (Fsp3) is 0.458. The molecule has 2 aromatic heterocycles. The lowest BCUT2D eigenvalue weighted by Crippen LogP contribution is -2.31. The van der Waals surface area contributed by atoms with Crippen LogP contribution in [0.3, 0.4) is 0 Å². The Balaban J connectivity index is 1.87. The molecule has 1 atom stereocenters. The van der Waals surface area contributed by atoms with Gasteiger partial charge in [0, 0.05) is 18.7 Å². The van der Waals surface area contributed by atoms with Crippen LogP contribution in [-0.2, 0) is 9.84 Å². The van der Waals surface area contributed by atoms with Gasteiger partial charge in [-0.2, -0.15) is 5.10 Å². The Labute approximate surface area is 205 Å². The zero-order valence-corrected chi connectivity index (χ0v) is 21.5. The minimum Gasteiger partial charge on any atom is -0.493 e. The van der Waals surface area contributed by atoms with Gasteiger partial charge in [-0.05, 0) is 51.7 Å². The maximum Gasteiger partial charge on any atom is 0.252 e. The third-order valence-electron chi connectivity index (χ3n) is 6.16. The molecule has 1 aliphatic heterocycles. The van der Waals surface area contributed by atoms with Crippen molar-refractivity contribution in [1.82, 2.24) is 25.0 Å². The molecule has 4 rings (SSSR count). The van der Waals surface area contributed by atoms with E-state index in [9.17, 15) is 13.2 Å². The summed E-state index contributed by atoms with van der Waals surface area (Å²) in [5.41, 5.74) is 2.86. The van der Waals surface area contributed by atoms with E-state index in [1.165, 1.54) is 0 Å². The number of sulfone groups is 1. The minimum atomic E-state index is -3.13. The minimum absolute atomic E-state index is 0.00977. The second-order valence-corrected chi connectivity index (χ2v) is 11.2. The van der Waals surface area contributed by atoms with Crippen LogP contribution < -0.4 is 14.8 Å². The molecular formula is C24H31N5O5S. The average Bonchev–Trinajstić information content (AvgIpc) is 3.36. The van der Waals surface area contributed by atoms with Crippen LogP contribution in [-0.4, -0.2) is 86.9 Å². The Kier molecular flexibility index (Phi) is 7.00. The van der Waals surface area contributed by atoms with E-state index < -0.39 is 9.84 Å². The van der Waals surface area contributed by atoms with E-state index in [0.29, 0.717) is 59.0 Å². The van der Waals surface area contributed by atoms with Crippen LogP contribution in [0.2, 0.25) is 0 Å². The van der Waals surface area contributed by atoms with Gasteiger partial charge < -0.3 is 19.7 Å². The maximum atomic E-state index is 13.3. The largest absolute Gasteiger partial charge is 0.493 e. The summed E-state index contributed by atoms with van der Waals surface area (Å²) in [6, 6.07) is 6.85. The number of ether oxygens (including phenoxy) is 2. The van der Waals surface area contributed by atoms with E-state index in [-0.39, 0.29) is 23.5 Å². The van der Waals surface area contributed by atoms with E-state index in [0.717, 1.165) is 5.56 Å². The number of methoxy groups -OCH3 is 2. The SMILES string of the molecule is COc1ccc(-c2cc(C(=O)NCCN(C)C)c3c(C)nn(C4CCS(=O)(=O)C4)c3n2)cc1OC. The standard InChI is InChI=1S/C24H31N5O5S/c1-15-22-18(24(30)25-9-10-28(2)3)13-19(16-6-7-20(33-4)21(12-16)34-5)26-23(22)29(27-15)17-8-11-35(31,32)14-17/h6-7,12-13,17H,8-11,14H2,1-5H3,(H,25,30). The zero-order chi connectivity index (χ0) is 25.3. The summed E-state index contributed by atoms with van der Waals surface area (Å²) < 4.78 is 36.8. The zero-order valence-electron chi connectivity index (χ0n) is 20.7. The van der Waals surface area contributed by atoms with E-state index in [4.69, 9.17) is 14.5 Å². The number of aryl methyl sites for hydroxylation is 1. The number of nitrogens with zero attached hydrogens (tertiary/aromatic N) is 4. The monoisotopic (exact) mass is 501 g/mol. The van der Waals surface area contributed by atoms with Crippen LogP contribution in [0.5, 0.6) is 11.5 Å². The van der Waals surface area contributed by atoms with Gasteiger partial charge >= 0.3 is 0 Å². The molecule has 35 heavy (non-hydrogen) atoms. The maximum absolute atomic E-state index is 13.3. The average molecular weight is 502 g/mol. The Morgan fingerprint density at radius 2 is 1.94 bits per heavy atom. The van der Waals surface area contributed by atoms with Crippen LogP contribution in [0.25, 0.3) is 22.3 Å². The van der Waals surface area contributed by atoms with Crippen molar-refractivity contribution in [3.05, 3.63) is 35.5 Å². The summed E-state index contributed by atoms with van der Waals surface area (Å²) in [5.74, 6) is 1.01. The number of nitrogens with one attached hydrogen (secondary N) is 1. The molecular weight excluding hydrogens is 470 g/mol. The van der Waals surface area contributed by atoms with Gasteiger partial charge in [0.1, 0.15) is 0 Å². The molecule has 0 saturated carbocycles. The Hall–Kier alpha value is -3.18. The number of carbonyl (C=O) groups excluding carboxylic acids is 1. The molecule has 1 saturated heterocycles. The topological polar surface area (TPSA) is 116 Å². The molecule has 0 aliphatic carbocycles. The number of rotatable bonds is 8. The van der Waals surface area contributed by atoms with Crippen LogP contribution >= 0.6 is 0 Å². The van der Waals surface area contributed by atoms with Crippen LogP contribution in [0.15, 0.2) is 24.3 Å². The Bertz CT molecular complexity index is 1370. The van der Waals surface area contributed by atoms with Gasteiger partial charge in [0.2, 0.25) is 0 Å². The lowest BCUT2D eigenvalue weighted by Gasteiger charge is -2.14. The van der Waals surface area contributed by atoms with Crippen molar-refractivity contribution in [1.29, 1.82) is 0 Å². The summed E-state index contributed by atoms with van der Waals surface area (Å²) in [6.07, 6.45) is 0.463. The van der Waals surface area contributed by atoms with E-state index >= 15 is 0 Å². The molecule has 3 aromatic rings. The van der Waals surface area contributed by atoms with E-state index in [1.54, 1.807) is 37.1 Å². The number of pyridine rings is 1. The number of benzene rings is 1. The third kappa shape index (κ3) is 5.10. The smallest absolute Gasteiger partial charge is 0.252 e. The number of amides is 1. The predicted molar refractivity (Wildman–Crippen MR) is 134 cm³/mol. The summed E-state index contributed by atoms with van der Waals surface area (Å²) in [5, 5.41) is 8.24. The first-order valence-electron chi connectivity index (χ1n) is 11.4. The van der Waals surface area contributed by atoms with Crippen LogP contribution in [0, 0.1) is 6.92 Å². The molecule has 0 radical (unpaired) electrons. The van der Waals surface area contributed by atoms with Gasteiger partial charge in [0.15, 0.2) is 27.0 Å². The van der Waals surface area contributed by atoms with Gasteiger partial charge in [-0.25, -0.2) is 18.1 Å². The van der Waals surface area contributed by atoms with Gasteiger partial charge in [-0.3, -0.25) is 4.79 Å². The van der Waals surface area contributed by atoms with Crippen molar-refractivity contribution >= 4 is 26.8 Å². The highest BCUT2D eigenvalue weighted by molar-refractivity contribution is 7.91. The Morgan fingerprint density at radius 1 is 1.20 bits per heavy atom. The molecule has 0 spiro atoms. The van der Waals surface area contributed by atoms with Crippen molar-refractivity contribution in [2.75, 3.05) is 52.9 Å². The third-order valence-corrected chi connectivity index (χ3v) is 7.91. The normalized spacial score (nSPS) is 17.1. The quantitative estimate of drug-likeness (QED) is 0.499. The van der Waals surface area contributed by atoms with Crippen molar-refractivity contribution in [2.24, 2.45) is 0 Å². The van der Waals surface area contributed by atoms with Gasteiger partial charge in [0.25, 0.3) is 5.91 Å². The highest BCUT2D eigenvalue weighted by Gasteiger charge is 2.32. The second kappa shape index (κ2) is 9.82. The summed E-state index contributed by atoms with van der Waals surface area (Å²) in [7, 11) is 3.87. The molecule has 1 amide bonds. The van der Waals surface area contributed by atoms with Crippen LogP contribution in [0.1, 0.15) is 28.5 Å². The van der Waals surface area contributed by atoms with Gasteiger partial charge in [-0.1, -0.05) is 0 Å². The summed E-state index contributed by atoms with van der Waals surface area (Å²) >= 11 is 0. The molecule has 10 nitrogen and oxygen atoms in total. The number of hydrogen-bond donors (Lipinski definition) is 1. The number of aromatic nitrogens is 3. The number of fused-ring (bicyclic) bond motifs is 1. The lowest BCUT2D eigenvalue weighted by atomic mass is 10.0. The highest BCUT2D eigenvalue weighted by Crippen LogP contribution is 2.35. The lowest BCUT2D eigenvalue weighted by molar-refractivity contribution is 0.0952. The fourth-order valence-corrected chi connectivity index (χ4v) is 6.04. The molecule has 1 unspecified atom stereocenters. The van der Waals surface area contributed by atoms with Crippen molar-refractivity contribution in [3.63, 3.8) is 0 Å². The van der Waals surface area contributed by atoms with Gasteiger partial charge in [-0.15, -0.1) is 0 Å². The number of hydrogen-bond acceptors (Lipinski definition) is 8. The molecule has 1 N–H and O–H groups in total. The molecule has 3 heterocycles. The second-order valence-electron chi connectivity index (χ2n) is 8.97. The first-order chi connectivity index (χ1) is 16.6. The van der Waals surface area contributed by atoms with Gasteiger partial charge in [0.05, 0.1) is 54.1 Å². The number of likely N-dealkylation sites (N-methyl/N-ethyl adjacent to an activating group) is 1. The highest BCUT2D eigenvalue weighted by atomic mass is 32.2. The summed E-state index contributed by atoms with van der Waals surface area (Å²) in [6.45, 7) is 2.99. The Morgan fingerprint density at radius 3 is 2.57 bits per heavy atom. The molecule has 188 valence electrons. The predicted octanol–water partition coefficient (Wildman–Crippen LogP) is 2.07. The van der Waals surface area contributed by atoms with E-state index in [2.05, 4.69) is 10.4 Å². The van der Waals surface area contributed by atoms with Crippen LogP contribution in [0.4, 0.5) is 0 Å². The van der Waals surface area contributed by atoms with E-state index in [1.807, 2.05) is 32.0 Å². The van der Waals surface area contributed by atoms with Crippen molar-refractivity contribution in [3.8, 4) is 22.8 Å². The fourth-order valence-electron chi connectivity index (χ4n) is 4.35. The van der Waals surface area contributed by atoms with Crippen molar-refractivity contribution in [2.45, 2.75) is 19.4 Å². The molecule has 1 fully saturated rings. The number of carbonyl (C=O) groups is 1. The molecule has 11 heteroatoms. The first-order valence-corrected chi connectivity index (χ1v) is 13.2. The molecule has 1 aromatic carbocycles. The first kappa shape index (κ1) is 24.9. The van der Waals surface area contributed by atoms with Crippen molar-refractivity contribution < 1.29 is 22.7 Å². The summed E-state index contributed by atoms with van der Waals surface area (Å²) in [4.78, 5) is 20.1. The molecule has 0 bridgehead atoms. The molecule has 1 aliphatic rings.